The minimum atomic E-state index is -0.138. The lowest BCUT2D eigenvalue weighted by Crippen LogP contribution is -2.57. The van der Waals surface area contributed by atoms with E-state index in [0.29, 0.717) is 29.9 Å². The normalized spacial score (nSPS) is 33.2. The number of hydrogen-bond acceptors (Lipinski definition) is 7. The van der Waals surface area contributed by atoms with Gasteiger partial charge < -0.3 is 23.7 Å². The number of nitrogens with zero attached hydrogens (tertiary/aromatic N) is 1. The summed E-state index contributed by atoms with van der Waals surface area (Å²) >= 11 is 0. The van der Waals surface area contributed by atoms with Gasteiger partial charge in [-0.3, -0.25) is 9.69 Å². The van der Waals surface area contributed by atoms with Gasteiger partial charge >= 0.3 is 0 Å². The van der Waals surface area contributed by atoms with Crippen molar-refractivity contribution in [2.45, 2.75) is 44.0 Å². The third-order valence-corrected chi connectivity index (χ3v) is 7.12. The molecule has 3 fully saturated rings. The van der Waals surface area contributed by atoms with Gasteiger partial charge in [-0.25, -0.2) is 0 Å². The summed E-state index contributed by atoms with van der Waals surface area (Å²) in [6.07, 6.45) is 5.90. The Morgan fingerprint density at radius 3 is 2.74 bits per heavy atom. The molecule has 0 aromatic heterocycles. The Kier molecular flexibility index (Phi) is 5.91. The van der Waals surface area contributed by atoms with Crippen LogP contribution in [0.2, 0.25) is 0 Å². The summed E-state index contributed by atoms with van der Waals surface area (Å²) in [7, 11) is 3.20. The Bertz CT molecular complexity index is 848. The van der Waals surface area contributed by atoms with E-state index in [2.05, 4.69) is 4.90 Å². The molecule has 2 saturated heterocycles. The SMILES string of the molecule is COc1ccc(C2=COC3C(CCC4OCN(CC5CCCO5)CC43)C2=O)cc1OC. The molecular weight excluding hydrogens is 398 g/mol. The second-order valence-electron chi connectivity index (χ2n) is 8.92. The van der Waals surface area contributed by atoms with Crippen LogP contribution in [-0.4, -0.2) is 69.6 Å². The summed E-state index contributed by atoms with van der Waals surface area (Å²) in [6, 6.07) is 5.54. The summed E-state index contributed by atoms with van der Waals surface area (Å²) in [4.78, 5) is 15.8. The molecule has 0 bridgehead atoms. The van der Waals surface area contributed by atoms with Gasteiger partial charge in [0.25, 0.3) is 0 Å². The molecule has 0 N–H and O–H groups in total. The molecule has 7 heteroatoms. The maximum atomic E-state index is 13.5. The molecule has 0 amide bonds. The maximum absolute atomic E-state index is 13.5. The average Bonchev–Trinajstić information content (AvgIpc) is 3.32. The highest BCUT2D eigenvalue weighted by Crippen LogP contribution is 2.43. The Morgan fingerprint density at radius 2 is 1.97 bits per heavy atom. The molecule has 1 saturated carbocycles. The lowest BCUT2D eigenvalue weighted by Gasteiger charge is -2.48. The van der Waals surface area contributed by atoms with E-state index in [1.165, 1.54) is 0 Å². The van der Waals surface area contributed by atoms with Crippen molar-refractivity contribution in [1.82, 2.24) is 4.90 Å². The molecule has 5 rings (SSSR count). The zero-order valence-electron chi connectivity index (χ0n) is 18.2. The summed E-state index contributed by atoms with van der Waals surface area (Å²) < 4.78 is 29.0. The fourth-order valence-electron chi connectivity index (χ4n) is 5.51. The third kappa shape index (κ3) is 3.95. The van der Waals surface area contributed by atoms with E-state index in [1.807, 2.05) is 18.2 Å². The van der Waals surface area contributed by atoms with Crippen molar-refractivity contribution in [3.63, 3.8) is 0 Å². The molecular formula is C24H31NO6. The molecule has 5 atom stereocenters. The quantitative estimate of drug-likeness (QED) is 0.713. The first-order valence-corrected chi connectivity index (χ1v) is 11.3. The molecule has 1 aromatic rings. The highest BCUT2D eigenvalue weighted by molar-refractivity contribution is 6.22. The summed E-state index contributed by atoms with van der Waals surface area (Å²) in [5.74, 6) is 1.45. The van der Waals surface area contributed by atoms with E-state index < -0.39 is 0 Å². The first kappa shape index (κ1) is 20.8. The predicted octanol–water partition coefficient (Wildman–Crippen LogP) is 2.88. The predicted molar refractivity (Wildman–Crippen MR) is 114 cm³/mol. The number of carbonyl (C=O) groups excluding carboxylic acids is 1. The van der Waals surface area contributed by atoms with Crippen LogP contribution < -0.4 is 9.47 Å². The molecule has 1 aromatic carbocycles. The number of rotatable bonds is 5. The molecule has 0 spiro atoms. The monoisotopic (exact) mass is 429 g/mol. The van der Waals surface area contributed by atoms with E-state index in [4.69, 9.17) is 23.7 Å². The van der Waals surface area contributed by atoms with Crippen molar-refractivity contribution < 1.29 is 28.5 Å². The Hall–Kier alpha value is -2.09. The number of allylic oxidation sites excluding steroid dienone is 1. The van der Waals surface area contributed by atoms with Crippen molar-refractivity contribution in [1.29, 1.82) is 0 Å². The van der Waals surface area contributed by atoms with Gasteiger partial charge in [0.05, 0.1) is 50.9 Å². The van der Waals surface area contributed by atoms with Crippen molar-refractivity contribution in [3.8, 4) is 11.5 Å². The van der Waals surface area contributed by atoms with E-state index in [-0.39, 0.29) is 29.8 Å². The first-order valence-electron chi connectivity index (χ1n) is 11.3. The molecule has 7 nitrogen and oxygen atoms in total. The van der Waals surface area contributed by atoms with Crippen LogP contribution in [0, 0.1) is 11.8 Å². The van der Waals surface area contributed by atoms with Gasteiger partial charge in [-0.05, 0) is 43.4 Å². The van der Waals surface area contributed by atoms with Crippen LogP contribution in [0.1, 0.15) is 31.2 Å². The number of fused-ring (bicyclic) bond motifs is 3. The van der Waals surface area contributed by atoms with Crippen molar-refractivity contribution in [3.05, 3.63) is 30.0 Å². The fourth-order valence-corrected chi connectivity index (χ4v) is 5.51. The molecule has 1 aliphatic carbocycles. The topological polar surface area (TPSA) is 66.5 Å². The standard InChI is InChI=1S/C24H31NO6/c1-27-21-7-5-15(10-22(21)28-2)19-13-30-24-17(23(19)26)6-8-20-18(24)12-25(14-31-20)11-16-4-3-9-29-16/h5,7,10,13,16-18,20,24H,3-4,6,8-9,11-12,14H2,1-2H3. The van der Waals surface area contributed by atoms with E-state index in [1.54, 1.807) is 20.5 Å². The van der Waals surface area contributed by atoms with E-state index in [0.717, 1.165) is 50.9 Å². The van der Waals surface area contributed by atoms with Crippen molar-refractivity contribution in [2.75, 3.05) is 40.6 Å². The second kappa shape index (κ2) is 8.81. The summed E-state index contributed by atoms with van der Waals surface area (Å²) in [5.41, 5.74) is 1.40. The number of ketones is 1. The third-order valence-electron chi connectivity index (χ3n) is 7.12. The lowest BCUT2D eigenvalue weighted by atomic mass is 9.71. The maximum Gasteiger partial charge on any atom is 0.173 e. The smallest absolute Gasteiger partial charge is 0.173 e. The van der Waals surface area contributed by atoms with Crippen LogP contribution in [-0.2, 0) is 19.0 Å². The number of methoxy groups -OCH3 is 2. The number of Topliss-reactive ketones (excluding diaryl/α,β-unsaturated/α-hetero) is 1. The molecule has 0 radical (unpaired) electrons. The fraction of sp³-hybridized carbons (Fsp3) is 0.625. The zero-order chi connectivity index (χ0) is 21.4. The van der Waals surface area contributed by atoms with Gasteiger partial charge in [0.2, 0.25) is 0 Å². The summed E-state index contributed by atoms with van der Waals surface area (Å²) in [6.45, 7) is 3.27. The zero-order valence-corrected chi connectivity index (χ0v) is 18.2. The van der Waals surface area contributed by atoms with Crippen LogP contribution in [0.4, 0.5) is 0 Å². The van der Waals surface area contributed by atoms with E-state index in [9.17, 15) is 4.79 Å². The molecule has 3 heterocycles. The van der Waals surface area contributed by atoms with Crippen LogP contribution in [0.25, 0.3) is 5.57 Å². The van der Waals surface area contributed by atoms with Gasteiger partial charge in [0.15, 0.2) is 17.3 Å². The van der Waals surface area contributed by atoms with Crippen LogP contribution in [0.15, 0.2) is 24.5 Å². The number of hydrogen-bond donors (Lipinski definition) is 0. The van der Waals surface area contributed by atoms with Crippen LogP contribution in [0.3, 0.4) is 0 Å². The van der Waals surface area contributed by atoms with Gasteiger partial charge in [-0.15, -0.1) is 0 Å². The highest BCUT2D eigenvalue weighted by atomic mass is 16.5. The molecule has 4 aliphatic rings. The van der Waals surface area contributed by atoms with E-state index >= 15 is 0 Å². The minimum absolute atomic E-state index is 0.137. The lowest BCUT2D eigenvalue weighted by molar-refractivity contribution is -0.173. The highest BCUT2D eigenvalue weighted by Gasteiger charge is 2.49. The number of ether oxygens (including phenoxy) is 5. The van der Waals surface area contributed by atoms with Crippen molar-refractivity contribution >= 4 is 11.4 Å². The largest absolute Gasteiger partial charge is 0.496 e. The Morgan fingerprint density at radius 1 is 1.10 bits per heavy atom. The Labute approximate surface area is 183 Å². The van der Waals surface area contributed by atoms with Gasteiger partial charge in [-0.1, -0.05) is 6.07 Å². The van der Waals surface area contributed by atoms with Gasteiger partial charge in [0, 0.05) is 25.6 Å². The molecule has 31 heavy (non-hydrogen) atoms. The summed E-state index contributed by atoms with van der Waals surface area (Å²) in [5, 5.41) is 0. The van der Waals surface area contributed by atoms with Gasteiger partial charge in [-0.2, -0.15) is 0 Å². The van der Waals surface area contributed by atoms with Gasteiger partial charge in [0.1, 0.15) is 6.10 Å². The second-order valence-corrected chi connectivity index (χ2v) is 8.92. The van der Waals surface area contributed by atoms with Crippen molar-refractivity contribution in [2.24, 2.45) is 11.8 Å². The molecule has 168 valence electrons. The minimum Gasteiger partial charge on any atom is -0.496 e. The number of benzene rings is 1. The first-order chi connectivity index (χ1) is 15.2. The van der Waals surface area contributed by atoms with Crippen LogP contribution >= 0.6 is 0 Å². The average molecular weight is 430 g/mol. The number of carbonyl (C=O) groups is 1. The van der Waals surface area contributed by atoms with Crippen LogP contribution in [0.5, 0.6) is 11.5 Å². The molecule has 5 unspecified atom stereocenters. The Balaban J connectivity index is 1.33. The molecule has 3 aliphatic heterocycles.